The molecule has 0 saturated heterocycles. The standard InChI is InChI=1S/C44H42O2P2S2/c1-45-41-29-17-15-27-37(41)43-39(31-47(49,33-19-7-3-8-20-33)34-21-9-4-10-22-34)40(44(43)38-28-16-18-30-42(38)46-2)32-48(50,35-23-11-5-12-24-35)36-25-13-6-14-26-36/h3-30,39-40,43-44H,31-32H2,1-2H3. The van der Waals surface area contributed by atoms with Crippen LogP contribution in [0.2, 0.25) is 0 Å². The van der Waals surface area contributed by atoms with Crippen molar-refractivity contribution in [1.29, 1.82) is 0 Å². The quantitative estimate of drug-likeness (QED) is 0.117. The van der Waals surface area contributed by atoms with Gasteiger partial charge in [-0.05, 0) is 80.5 Å². The van der Waals surface area contributed by atoms with Gasteiger partial charge in [-0.2, -0.15) is 0 Å². The Labute approximate surface area is 307 Å². The van der Waals surface area contributed by atoms with Crippen LogP contribution in [0.5, 0.6) is 11.5 Å². The molecule has 0 amide bonds. The van der Waals surface area contributed by atoms with E-state index in [1.165, 1.54) is 32.3 Å². The van der Waals surface area contributed by atoms with Crippen molar-refractivity contribution in [2.45, 2.75) is 11.8 Å². The first-order valence-corrected chi connectivity index (χ1v) is 23.1. The van der Waals surface area contributed by atoms with Gasteiger partial charge in [0.15, 0.2) is 0 Å². The normalized spacial score (nSPS) is 18.9. The predicted molar refractivity (Wildman–Crippen MR) is 221 cm³/mol. The zero-order chi connectivity index (χ0) is 34.6. The molecule has 0 spiro atoms. The fraction of sp³-hybridized carbons (Fsp3) is 0.182. The van der Waals surface area contributed by atoms with Crippen molar-refractivity contribution in [1.82, 2.24) is 0 Å². The molecule has 0 N–H and O–H groups in total. The Hall–Kier alpha value is -3.78. The second-order valence-corrected chi connectivity index (χ2v) is 22.5. The minimum absolute atomic E-state index is 0.150. The number of ether oxygens (including phenoxy) is 2. The van der Waals surface area contributed by atoms with E-state index in [4.69, 9.17) is 33.1 Å². The van der Waals surface area contributed by atoms with E-state index in [0.717, 1.165) is 23.8 Å². The minimum atomic E-state index is -2.27. The van der Waals surface area contributed by atoms with Gasteiger partial charge in [-0.1, -0.05) is 181 Å². The largest absolute Gasteiger partial charge is 0.496 e. The molecule has 50 heavy (non-hydrogen) atoms. The summed E-state index contributed by atoms with van der Waals surface area (Å²) in [6.07, 6.45) is 1.77. The summed E-state index contributed by atoms with van der Waals surface area (Å²) in [6.45, 7) is 0. The first kappa shape index (κ1) is 34.7. The molecule has 0 bridgehead atoms. The molecule has 4 unspecified atom stereocenters. The molecule has 1 aliphatic carbocycles. The number of para-hydroxylation sites is 2. The minimum Gasteiger partial charge on any atom is -0.496 e. The van der Waals surface area contributed by atoms with Gasteiger partial charge in [0.05, 0.1) is 14.2 Å². The Kier molecular flexibility index (Phi) is 10.6. The van der Waals surface area contributed by atoms with E-state index in [0.29, 0.717) is 0 Å². The lowest BCUT2D eigenvalue weighted by molar-refractivity contribution is 0.125. The van der Waals surface area contributed by atoms with Gasteiger partial charge in [0.1, 0.15) is 11.5 Å². The number of hydrogen-bond acceptors (Lipinski definition) is 4. The van der Waals surface area contributed by atoms with E-state index in [1.807, 2.05) is 0 Å². The lowest BCUT2D eigenvalue weighted by atomic mass is 9.53. The molecular formula is C44H42O2P2S2. The number of hydrogen-bond donors (Lipinski definition) is 0. The second-order valence-electron chi connectivity index (χ2n) is 13.0. The first-order chi connectivity index (χ1) is 24.5. The van der Waals surface area contributed by atoms with Crippen LogP contribution in [0.1, 0.15) is 23.0 Å². The van der Waals surface area contributed by atoms with E-state index < -0.39 is 12.1 Å². The maximum atomic E-state index is 7.00. The lowest BCUT2D eigenvalue weighted by Gasteiger charge is -2.56. The molecule has 0 aromatic heterocycles. The van der Waals surface area contributed by atoms with Crippen molar-refractivity contribution in [2.24, 2.45) is 11.8 Å². The topological polar surface area (TPSA) is 18.5 Å². The predicted octanol–water partition coefficient (Wildman–Crippen LogP) is 9.08. The van der Waals surface area contributed by atoms with Gasteiger partial charge >= 0.3 is 0 Å². The highest BCUT2D eigenvalue weighted by atomic mass is 32.4. The zero-order valence-electron chi connectivity index (χ0n) is 28.4. The summed E-state index contributed by atoms with van der Waals surface area (Å²) >= 11 is 14.0. The van der Waals surface area contributed by atoms with Crippen LogP contribution in [0.4, 0.5) is 0 Å². The molecule has 6 aromatic rings. The third kappa shape index (κ3) is 6.56. The van der Waals surface area contributed by atoms with Crippen LogP contribution < -0.4 is 30.7 Å². The van der Waals surface area contributed by atoms with E-state index in [2.05, 4.69) is 170 Å². The first-order valence-electron chi connectivity index (χ1n) is 17.1. The summed E-state index contributed by atoms with van der Waals surface area (Å²) in [6, 6.07) is 56.0. The molecule has 1 aliphatic rings. The molecule has 7 rings (SSSR count). The van der Waals surface area contributed by atoms with Crippen molar-refractivity contribution in [3.8, 4) is 11.5 Å². The average molecular weight is 729 g/mol. The Bertz CT molecular complexity index is 1880. The Morgan fingerprint density at radius 2 is 0.660 bits per heavy atom. The van der Waals surface area contributed by atoms with Crippen LogP contribution in [0.3, 0.4) is 0 Å². The molecular weight excluding hydrogens is 687 g/mol. The molecule has 6 aromatic carbocycles. The van der Waals surface area contributed by atoms with Gasteiger partial charge in [0, 0.05) is 12.1 Å². The highest BCUT2D eigenvalue weighted by Gasteiger charge is 2.55. The van der Waals surface area contributed by atoms with Crippen LogP contribution in [-0.4, -0.2) is 26.5 Å². The Balaban J connectivity index is 1.46. The summed E-state index contributed by atoms with van der Waals surface area (Å²) in [5.74, 6) is 2.61. The molecule has 0 aliphatic heterocycles. The smallest absolute Gasteiger partial charge is 0.122 e. The molecule has 252 valence electrons. The summed E-state index contributed by atoms with van der Waals surface area (Å²) in [5.41, 5.74) is 2.45. The Morgan fingerprint density at radius 1 is 0.400 bits per heavy atom. The van der Waals surface area contributed by atoms with Gasteiger partial charge < -0.3 is 9.47 Å². The van der Waals surface area contributed by atoms with E-state index in [1.54, 1.807) is 14.2 Å². The van der Waals surface area contributed by atoms with Crippen LogP contribution in [0.25, 0.3) is 0 Å². The van der Waals surface area contributed by atoms with E-state index in [9.17, 15) is 0 Å². The summed E-state index contributed by atoms with van der Waals surface area (Å²) < 4.78 is 12.2. The summed E-state index contributed by atoms with van der Waals surface area (Å²) in [5, 5.41) is 5.02. The fourth-order valence-electron chi connectivity index (χ4n) is 8.14. The number of rotatable bonds is 12. The molecule has 2 nitrogen and oxygen atoms in total. The van der Waals surface area contributed by atoms with Crippen LogP contribution >= 0.6 is 12.1 Å². The average Bonchev–Trinajstić information content (AvgIpc) is 3.19. The van der Waals surface area contributed by atoms with Gasteiger partial charge in [-0.25, -0.2) is 0 Å². The van der Waals surface area contributed by atoms with Crippen LogP contribution in [0, 0.1) is 11.8 Å². The van der Waals surface area contributed by atoms with Crippen molar-refractivity contribution >= 4 is 56.9 Å². The van der Waals surface area contributed by atoms with Gasteiger partial charge in [-0.15, -0.1) is 0 Å². The summed E-state index contributed by atoms with van der Waals surface area (Å²) in [4.78, 5) is 0. The number of methoxy groups -OCH3 is 2. The van der Waals surface area contributed by atoms with Crippen molar-refractivity contribution < 1.29 is 9.47 Å². The monoisotopic (exact) mass is 728 g/mol. The second kappa shape index (κ2) is 15.2. The van der Waals surface area contributed by atoms with Crippen LogP contribution in [-0.2, 0) is 23.6 Å². The Morgan fingerprint density at radius 3 is 0.940 bits per heavy atom. The summed E-state index contributed by atoms with van der Waals surface area (Å²) in [7, 11) is 3.57. The SMILES string of the molecule is COc1ccccc1C1C(CP(=S)(c2ccccc2)c2ccccc2)C(CP(=S)(c2ccccc2)c2ccccc2)C1c1ccccc1OC. The molecule has 4 atom stereocenters. The highest BCUT2D eigenvalue weighted by molar-refractivity contribution is 8.22. The molecule has 1 fully saturated rings. The van der Waals surface area contributed by atoms with Gasteiger partial charge in [0.25, 0.3) is 0 Å². The van der Waals surface area contributed by atoms with Gasteiger partial charge in [-0.3, -0.25) is 0 Å². The fourth-order valence-corrected chi connectivity index (χ4v) is 16.9. The molecule has 0 heterocycles. The van der Waals surface area contributed by atoms with Crippen molar-refractivity contribution in [3.63, 3.8) is 0 Å². The van der Waals surface area contributed by atoms with Crippen molar-refractivity contribution in [2.75, 3.05) is 26.5 Å². The number of benzene rings is 6. The third-order valence-corrected chi connectivity index (χ3v) is 20.3. The maximum absolute atomic E-state index is 7.00. The zero-order valence-corrected chi connectivity index (χ0v) is 31.8. The van der Waals surface area contributed by atoms with E-state index in [-0.39, 0.29) is 23.7 Å². The van der Waals surface area contributed by atoms with Crippen LogP contribution in [0.15, 0.2) is 170 Å². The molecule has 6 heteroatoms. The van der Waals surface area contributed by atoms with Crippen molar-refractivity contribution in [3.05, 3.63) is 181 Å². The molecule has 0 radical (unpaired) electrons. The highest BCUT2D eigenvalue weighted by Crippen LogP contribution is 2.67. The maximum Gasteiger partial charge on any atom is 0.122 e. The van der Waals surface area contributed by atoms with Gasteiger partial charge in [0.2, 0.25) is 0 Å². The third-order valence-electron chi connectivity index (χ3n) is 10.5. The molecule has 1 saturated carbocycles. The lowest BCUT2D eigenvalue weighted by Crippen LogP contribution is -2.49. The van der Waals surface area contributed by atoms with E-state index >= 15 is 0 Å².